The summed E-state index contributed by atoms with van der Waals surface area (Å²) in [6.45, 7) is 6.94. The fourth-order valence-corrected chi connectivity index (χ4v) is 4.22. The molecule has 1 aromatic heterocycles. The van der Waals surface area contributed by atoms with Crippen LogP contribution < -0.4 is 14.5 Å². The molecule has 2 aromatic rings. The average molecular weight is 391 g/mol. The first-order valence-corrected chi connectivity index (χ1v) is 10.7. The first kappa shape index (κ1) is 19.5. The SMILES string of the molecule is CCc1nnc(N2CCN(c3ccccc3S(=O)(=O)NC)CC2)nc1CC. The third-order valence-electron chi connectivity index (χ3n) is 4.82. The highest BCUT2D eigenvalue weighted by atomic mass is 32.2. The van der Waals surface area contributed by atoms with Crippen LogP contribution in [-0.2, 0) is 22.9 Å². The quantitative estimate of drug-likeness (QED) is 0.793. The molecule has 146 valence electrons. The number of hydrogen-bond acceptors (Lipinski definition) is 7. The van der Waals surface area contributed by atoms with Gasteiger partial charge in [-0.1, -0.05) is 26.0 Å². The molecule has 3 rings (SSSR count). The van der Waals surface area contributed by atoms with Gasteiger partial charge in [-0.2, -0.15) is 5.10 Å². The van der Waals surface area contributed by atoms with Crippen LogP contribution in [0.3, 0.4) is 0 Å². The number of nitrogens with one attached hydrogen (secondary N) is 1. The Morgan fingerprint density at radius 2 is 1.59 bits per heavy atom. The summed E-state index contributed by atoms with van der Waals surface area (Å²) in [5.41, 5.74) is 2.67. The highest BCUT2D eigenvalue weighted by Crippen LogP contribution is 2.26. The number of aromatic nitrogens is 3. The zero-order valence-electron chi connectivity index (χ0n) is 16.0. The van der Waals surface area contributed by atoms with Gasteiger partial charge in [-0.15, -0.1) is 5.10 Å². The van der Waals surface area contributed by atoms with Gasteiger partial charge in [0.25, 0.3) is 0 Å². The molecule has 0 spiro atoms. The van der Waals surface area contributed by atoms with Gasteiger partial charge in [-0.3, -0.25) is 0 Å². The number of nitrogens with zero attached hydrogens (tertiary/aromatic N) is 5. The van der Waals surface area contributed by atoms with Crippen LogP contribution in [0.2, 0.25) is 0 Å². The van der Waals surface area contributed by atoms with E-state index in [-0.39, 0.29) is 0 Å². The van der Waals surface area contributed by atoms with Crippen molar-refractivity contribution in [3.05, 3.63) is 35.7 Å². The normalized spacial score (nSPS) is 15.2. The fourth-order valence-electron chi connectivity index (χ4n) is 3.27. The highest BCUT2D eigenvalue weighted by molar-refractivity contribution is 7.89. The van der Waals surface area contributed by atoms with E-state index < -0.39 is 10.0 Å². The topological polar surface area (TPSA) is 91.3 Å². The number of piperazine rings is 1. The Morgan fingerprint density at radius 1 is 0.963 bits per heavy atom. The maximum absolute atomic E-state index is 12.3. The first-order chi connectivity index (χ1) is 13.0. The van der Waals surface area contributed by atoms with Crippen molar-refractivity contribution in [2.24, 2.45) is 0 Å². The molecule has 1 aliphatic heterocycles. The van der Waals surface area contributed by atoms with Gasteiger partial charge in [0, 0.05) is 26.2 Å². The van der Waals surface area contributed by atoms with Gasteiger partial charge < -0.3 is 9.80 Å². The molecule has 0 radical (unpaired) electrons. The van der Waals surface area contributed by atoms with Gasteiger partial charge in [0.2, 0.25) is 16.0 Å². The van der Waals surface area contributed by atoms with Crippen LogP contribution in [-0.4, -0.2) is 56.8 Å². The molecule has 0 unspecified atom stereocenters. The van der Waals surface area contributed by atoms with E-state index in [0.717, 1.165) is 29.9 Å². The second-order valence-electron chi connectivity index (χ2n) is 6.36. The van der Waals surface area contributed by atoms with Gasteiger partial charge in [-0.25, -0.2) is 18.1 Å². The lowest BCUT2D eigenvalue weighted by molar-refractivity contribution is 0.585. The van der Waals surface area contributed by atoms with Crippen molar-refractivity contribution in [3.63, 3.8) is 0 Å². The number of anilines is 2. The molecule has 1 N–H and O–H groups in total. The fraction of sp³-hybridized carbons (Fsp3) is 0.500. The lowest BCUT2D eigenvalue weighted by atomic mass is 10.2. The Labute approximate surface area is 160 Å². The van der Waals surface area contributed by atoms with Crippen LogP contribution in [0.25, 0.3) is 0 Å². The molecule has 2 heterocycles. The standard InChI is InChI=1S/C18H26N6O2S/c1-4-14-15(5-2)21-22-18(20-14)24-12-10-23(11-13-24)16-8-6-7-9-17(16)27(25,26)19-3/h6-9,19H,4-5,10-13H2,1-3H3. The predicted octanol–water partition coefficient (Wildman–Crippen LogP) is 1.23. The van der Waals surface area contributed by atoms with Crippen molar-refractivity contribution in [2.45, 2.75) is 31.6 Å². The van der Waals surface area contributed by atoms with Crippen molar-refractivity contribution < 1.29 is 8.42 Å². The second-order valence-corrected chi connectivity index (χ2v) is 8.22. The zero-order chi connectivity index (χ0) is 19.4. The minimum absolute atomic E-state index is 0.305. The molecule has 8 nitrogen and oxygen atoms in total. The Kier molecular flexibility index (Phi) is 5.91. The average Bonchev–Trinajstić information content (AvgIpc) is 2.73. The number of para-hydroxylation sites is 1. The summed E-state index contributed by atoms with van der Waals surface area (Å²) < 4.78 is 27.0. The molecule has 0 bridgehead atoms. The summed E-state index contributed by atoms with van der Waals surface area (Å²) in [4.78, 5) is 9.19. The molecular weight excluding hydrogens is 364 g/mol. The number of hydrogen-bond donors (Lipinski definition) is 1. The number of aryl methyl sites for hydroxylation is 2. The molecule has 0 atom stereocenters. The summed E-state index contributed by atoms with van der Waals surface area (Å²) >= 11 is 0. The largest absolute Gasteiger partial charge is 0.367 e. The van der Waals surface area contributed by atoms with Gasteiger partial charge in [0.05, 0.1) is 17.1 Å². The molecule has 1 fully saturated rings. The lowest BCUT2D eigenvalue weighted by Crippen LogP contribution is -2.47. The summed E-state index contributed by atoms with van der Waals surface area (Å²) in [6, 6.07) is 7.09. The Bertz CT molecular complexity index is 894. The van der Waals surface area contributed by atoms with Crippen molar-refractivity contribution in [1.82, 2.24) is 19.9 Å². The maximum atomic E-state index is 12.3. The van der Waals surface area contributed by atoms with Crippen LogP contribution in [0.15, 0.2) is 29.2 Å². The highest BCUT2D eigenvalue weighted by Gasteiger charge is 2.25. The number of rotatable bonds is 6. The third kappa shape index (κ3) is 4.03. The van der Waals surface area contributed by atoms with Crippen LogP contribution in [0.5, 0.6) is 0 Å². The lowest BCUT2D eigenvalue weighted by Gasteiger charge is -2.36. The van der Waals surface area contributed by atoms with Crippen molar-refractivity contribution >= 4 is 21.7 Å². The van der Waals surface area contributed by atoms with Gasteiger partial charge in [0.1, 0.15) is 4.90 Å². The maximum Gasteiger partial charge on any atom is 0.245 e. The van der Waals surface area contributed by atoms with Crippen LogP contribution in [0.4, 0.5) is 11.6 Å². The van der Waals surface area contributed by atoms with Crippen LogP contribution >= 0.6 is 0 Å². The van der Waals surface area contributed by atoms with E-state index in [4.69, 9.17) is 0 Å². The number of sulfonamides is 1. The summed E-state index contributed by atoms with van der Waals surface area (Å²) in [5, 5.41) is 8.61. The Morgan fingerprint density at radius 3 is 2.22 bits per heavy atom. The summed E-state index contributed by atoms with van der Waals surface area (Å²) in [5.74, 6) is 0.653. The van der Waals surface area contributed by atoms with E-state index in [1.165, 1.54) is 7.05 Å². The van der Waals surface area contributed by atoms with Crippen molar-refractivity contribution in [3.8, 4) is 0 Å². The van der Waals surface area contributed by atoms with Crippen molar-refractivity contribution in [1.29, 1.82) is 0 Å². The van der Waals surface area contributed by atoms with Crippen LogP contribution in [0, 0.1) is 0 Å². The van der Waals surface area contributed by atoms with Gasteiger partial charge in [0.15, 0.2) is 0 Å². The minimum atomic E-state index is -3.50. The summed E-state index contributed by atoms with van der Waals surface area (Å²) in [6.07, 6.45) is 1.66. The first-order valence-electron chi connectivity index (χ1n) is 9.25. The molecule has 1 aromatic carbocycles. The molecule has 0 amide bonds. The van der Waals surface area contributed by atoms with E-state index in [9.17, 15) is 8.42 Å². The molecular formula is C18H26N6O2S. The number of benzene rings is 1. The monoisotopic (exact) mass is 390 g/mol. The molecule has 27 heavy (non-hydrogen) atoms. The van der Waals surface area contributed by atoms with E-state index in [2.05, 4.69) is 43.6 Å². The minimum Gasteiger partial charge on any atom is -0.367 e. The Balaban J connectivity index is 1.77. The van der Waals surface area contributed by atoms with E-state index in [1.807, 2.05) is 12.1 Å². The molecule has 1 saturated heterocycles. The molecule has 9 heteroatoms. The predicted molar refractivity (Wildman–Crippen MR) is 106 cm³/mol. The summed E-state index contributed by atoms with van der Waals surface area (Å²) in [7, 11) is -2.07. The van der Waals surface area contributed by atoms with Gasteiger partial charge >= 0.3 is 0 Å². The second kappa shape index (κ2) is 8.18. The van der Waals surface area contributed by atoms with E-state index in [0.29, 0.717) is 37.0 Å². The van der Waals surface area contributed by atoms with Gasteiger partial charge in [-0.05, 0) is 32.0 Å². The molecule has 0 saturated carbocycles. The molecule has 0 aliphatic carbocycles. The zero-order valence-corrected chi connectivity index (χ0v) is 16.8. The van der Waals surface area contributed by atoms with Crippen molar-refractivity contribution in [2.75, 3.05) is 43.0 Å². The van der Waals surface area contributed by atoms with E-state index in [1.54, 1.807) is 12.1 Å². The third-order valence-corrected chi connectivity index (χ3v) is 6.29. The van der Waals surface area contributed by atoms with Crippen LogP contribution in [0.1, 0.15) is 25.2 Å². The molecule has 1 aliphatic rings. The Hall–Kier alpha value is -2.26. The smallest absolute Gasteiger partial charge is 0.245 e. The van der Waals surface area contributed by atoms with E-state index >= 15 is 0 Å².